The van der Waals surface area contributed by atoms with Crippen LogP contribution in [0.2, 0.25) is 0 Å². The van der Waals surface area contributed by atoms with Gasteiger partial charge in [-0.3, -0.25) is 0 Å². The molecule has 0 fully saturated rings. The number of fused-ring (bicyclic) bond motifs is 1. The van der Waals surface area contributed by atoms with Gasteiger partial charge in [0.15, 0.2) is 17.2 Å². The second-order valence-corrected chi connectivity index (χ2v) is 4.58. The van der Waals surface area contributed by atoms with Crippen molar-refractivity contribution in [2.75, 3.05) is 13.4 Å². The number of esters is 1. The zero-order chi connectivity index (χ0) is 13.9. The molecule has 1 atom stereocenters. The van der Waals surface area contributed by atoms with Crippen molar-refractivity contribution in [1.82, 2.24) is 0 Å². The van der Waals surface area contributed by atoms with E-state index in [1.165, 1.54) is 0 Å². The summed E-state index contributed by atoms with van der Waals surface area (Å²) in [5.74, 6) is 1.09. The van der Waals surface area contributed by atoms with Gasteiger partial charge in [-0.15, -0.1) is 0 Å². The molecule has 3 rings (SSSR count). The van der Waals surface area contributed by atoms with Crippen molar-refractivity contribution in [2.24, 2.45) is 5.16 Å². The Morgan fingerprint density at radius 2 is 2.25 bits per heavy atom. The van der Waals surface area contributed by atoms with E-state index in [9.17, 15) is 4.79 Å². The lowest BCUT2D eigenvalue weighted by Gasteiger charge is -2.08. The van der Waals surface area contributed by atoms with Crippen molar-refractivity contribution in [2.45, 2.75) is 25.9 Å². The average molecular weight is 277 g/mol. The number of nitrogens with zero attached hydrogens (tertiary/aromatic N) is 1. The summed E-state index contributed by atoms with van der Waals surface area (Å²) in [7, 11) is 0. The maximum atomic E-state index is 11.5. The summed E-state index contributed by atoms with van der Waals surface area (Å²) in [5, 5.41) is 3.79. The Labute approximate surface area is 116 Å². The van der Waals surface area contributed by atoms with Gasteiger partial charge < -0.3 is 19.0 Å². The number of rotatable bonds is 4. The lowest BCUT2D eigenvalue weighted by molar-refractivity contribution is -0.135. The number of hydrogen-bond donors (Lipinski definition) is 0. The van der Waals surface area contributed by atoms with E-state index in [1.807, 2.05) is 18.2 Å². The molecule has 0 radical (unpaired) electrons. The van der Waals surface area contributed by atoms with Crippen molar-refractivity contribution in [1.29, 1.82) is 0 Å². The van der Waals surface area contributed by atoms with E-state index in [0.717, 1.165) is 17.1 Å². The zero-order valence-electron chi connectivity index (χ0n) is 11.1. The van der Waals surface area contributed by atoms with Crippen LogP contribution in [-0.4, -0.2) is 31.2 Å². The largest absolute Gasteiger partial charge is 0.461 e. The standard InChI is InChI=1S/C14H15NO5/c1-2-17-14(16)11-7-10(20-15-11)5-9-3-4-12-13(6-9)19-8-18-12/h3-4,6,10H,2,5,7-8H2,1H3. The van der Waals surface area contributed by atoms with Crippen molar-refractivity contribution >= 4 is 11.7 Å². The number of carbonyl (C=O) groups excluding carboxylic acids is 1. The van der Waals surface area contributed by atoms with Gasteiger partial charge in [-0.1, -0.05) is 11.2 Å². The van der Waals surface area contributed by atoms with E-state index < -0.39 is 5.97 Å². The Morgan fingerprint density at radius 1 is 1.40 bits per heavy atom. The molecule has 2 aliphatic heterocycles. The lowest BCUT2D eigenvalue weighted by Crippen LogP contribution is -2.19. The molecule has 20 heavy (non-hydrogen) atoms. The molecule has 2 aliphatic rings. The number of oxime groups is 1. The summed E-state index contributed by atoms with van der Waals surface area (Å²) in [6, 6.07) is 5.76. The molecule has 1 aromatic rings. The molecular formula is C14H15NO5. The molecule has 106 valence electrons. The van der Waals surface area contributed by atoms with Crippen LogP contribution in [0.5, 0.6) is 11.5 Å². The maximum Gasteiger partial charge on any atom is 0.356 e. The molecule has 1 aromatic carbocycles. The number of benzene rings is 1. The predicted molar refractivity (Wildman–Crippen MR) is 69.8 cm³/mol. The third-order valence-corrected chi connectivity index (χ3v) is 3.14. The lowest BCUT2D eigenvalue weighted by atomic mass is 10.0. The average Bonchev–Trinajstić information content (AvgIpc) is 3.07. The summed E-state index contributed by atoms with van der Waals surface area (Å²) in [6.45, 7) is 2.36. The smallest absolute Gasteiger partial charge is 0.356 e. The minimum atomic E-state index is -0.402. The molecule has 1 unspecified atom stereocenters. The first-order valence-corrected chi connectivity index (χ1v) is 6.54. The minimum Gasteiger partial charge on any atom is -0.461 e. The Kier molecular flexibility index (Phi) is 3.45. The molecule has 0 saturated carbocycles. The van der Waals surface area contributed by atoms with Gasteiger partial charge in [0.2, 0.25) is 6.79 Å². The molecule has 6 nitrogen and oxygen atoms in total. The highest BCUT2D eigenvalue weighted by molar-refractivity contribution is 6.36. The van der Waals surface area contributed by atoms with E-state index in [1.54, 1.807) is 6.92 Å². The van der Waals surface area contributed by atoms with Crippen molar-refractivity contribution in [3.05, 3.63) is 23.8 Å². The normalized spacial score (nSPS) is 19.4. The second kappa shape index (κ2) is 5.40. The topological polar surface area (TPSA) is 66.4 Å². The van der Waals surface area contributed by atoms with Crippen LogP contribution in [0.1, 0.15) is 18.9 Å². The molecule has 0 N–H and O–H groups in total. The molecule has 6 heteroatoms. The van der Waals surface area contributed by atoms with Gasteiger partial charge >= 0.3 is 5.97 Å². The fourth-order valence-electron chi connectivity index (χ4n) is 2.20. The summed E-state index contributed by atoms with van der Waals surface area (Å²) < 4.78 is 15.5. The molecule has 2 heterocycles. The molecule has 0 spiro atoms. The van der Waals surface area contributed by atoms with E-state index in [2.05, 4.69) is 5.16 Å². The van der Waals surface area contributed by atoms with Crippen LogP contribution in [0.15, 0.2) is 23.4 Å². The van der Waals surface area contributed by atoms with Crippen LogP contribution < -0.4 is 9.47 Å². The van der Waals surface area contributed by atoms with Crippen LogP contribution >= 0.6 is 0 Å². The van der Waals surface area contributed by atoms with Gasteiger partial charge in [-0.05, 0) is 24.6 Å². The summed E-state index contributed by atoms with van der Waals surface area (Å²) >= 11 is 0. The fourth-order valence-corrected chi connectivity index (χ4v) is 2.20. The van der Waals surface area contributed by atoms with Gasteiger partial charge in [0.05, 0.1) is 6.61 Å². The molecule has 0 bridgehead atoms. The molecule has 0 saturated heterocycles. The highest BCUT2D eigenvalue weighted by atomic mass is 16.7. The van der Waals surface area contributed by atoms with Crippen LogP contribution in [0.3, 0.4) is 0 Å². The predicted octanol–water partition coefficient (Wildman–Crippen LogP) is 1.67. The summed E-state index contributed by atoms with van der Waals surface area (Å²) in [6.07, 6.45) is 0.978. The first-order valence-electron chi connectivity index (χ1n) is 6.54. The van der Waals surface area contributed by atoms with Crippen molar-refractivity contribution < 1.29 is 23.8 Å². The van der Waals surface area contributed by atoms with Crippen LogP contribution in [0, 0.1) is 0 Å². The van der Waals surface area contributed by atoms with Crippen LogP contribution in [0.25, 0.3) is 0 Å². The van der Waals surface area contributed by atoms with E-state index >= 15 is 0 Å². The molecule has 0 aliphatic carbocycles. The first-order chi connectivity index (χ1) is 9.76. The monoisotopic (exact) mass is 277 g/mol. The third-order valence-electron chi connectivity index (χ3n) is 3.14. The van der Waals surface area contributed by atoms with E-state index in [0.29, 0.717) is 25.2 Å². The Bertz CT molecular complexity index is 554. The fraction of sp³-hybridized carbons (Fsp3) is 0.429. The second-order valence-electron chi connectivity index (χ2n) is 4.58. The van der Waals surface area contributed by atoms with Crippen molar-refractivity contribution in [3.63, 3.8) is 0 Å². The molecular weight excluding hydrogens is 262 g/mol. The van der Waals surface area contributed by atoms with Gasteiger partial charge in [0, 0.05) is 12.8 Å². The SMILES string of the molecule is CCOC(=O)C1=NOC(Cc2ccc3c(c2)OCO3)C1. The summed E-state index contributed by atoms with van der Waals surface area (Å²) in [5.41, 5.74) is 1.40. The number of carbonyl (C=O) groups is 1. The minimum absolute atomic E-state index is 0.144. The Balaban J connectivity index is 1.59. The highest BCUT2D eigenvalue weighted by Gasteiger charge is 2.27. The van der Waals surface area contributed by atoms with Crippen LogP contribution in [0.4, 0.5) is 0 Å². The Morgan fingerprint density at radius 3 is 3.10 bits per heavy atom. The van der Waals surface area contributed by atoms with Gasteiger partial charge in [0.25, 0.3) is 0 Å². The van der Waals surface area contributed by atoms with E-state index in [-0.39, 0.29) is 12.9 Å². The first kappa shape index (κ1) is 12.8. The van der Waals surface area contributed by atoms with Crippen LogP contribution in [-0.2, 0) is 20.8 Å². The summed E-state index contributed by atoms with van der Waals surface area (Å²) in [4.78, 5) is 16.8. The quantitative estimate of drug-likeness (QED) is 0.783. The highest BCUT2D eigenvalue weighted by Crippen LogP contribution is 2.33. The van der Waals surface area contributed by atoms with Gasteiger partial charge in [0.1, 0.15) is 6.10 Å². The van der Waals surface area contributed by atoms with Gasteiger partial charge in [-0.25, -0.2) is 4.79 Å². The third kappa shape index (κ3) is 2.54. The van der Waals surface area contributed by atoms with Crippen molar-refractivity contribution in [3.8, 4) is 11.5 Å². The maximum absolute atomic E-state index is 11.5. The van der Waals surface area contributed by atoms with Gasteiger partial charge in [-0.2, -0.15) is 0 Å². The zero-order valence-corrected chi connectivity index (χ0v) is 11.1. The molecule has 0 amide bonds. The number of ether oxygens (including phenoxy) is 3. The Hall–Kier alpha value is -2.24. The van der Waals surface area contributed by atoms with E-state index in [4.69, 9.17) is 19.0 Å². The molecule has 0 aromatic heterocycles. The number of hydrogen-bond acceptors (Lipinski definition) is 6.